The van der Waals surface area contributed by atoms with Gasteiger partial charge in [0.1, 0.15) is 0 Å². The number of ether oxygens (including phenoxy) is 3. The van der Waals surface area contributed by atoms with Gasteiger partial charge in [0.05, 0.1) is 17.4 Å². The van der Waals surface area contributed by atoms with Crippen LogP contribution in [0.3, 0.4) is 0 Å². The second kappa shape index (κ2) is 9.19. The van der Waals surface area contributed by atoms with E-state index >= 15 is 0 Å². The number of anilines is 1. The smallest absolute Gasteiger partial charge is 0.252 e. The molecular weight excluding hydrogens is 392 g/mol. The summed E-state index contributed by atoms with van der Waals surface area (Å²) in [7, 11) is 0. The lowest BCUT2D eigenvalue weighted by atomic mass is 10.2. The van der Waals surface area contributed by atoms with Crippen LogP contribution in [-0.2, 0) is 9.53 Å². The third-order valence-electron chi connectivity index (χ3n) is 4.66. The molecular formula is C21H22N2O5S. The highest BCUT2D eigenvalue weighted by atomic mass is 32.2. The topological polar surface area (TPSA) is 85.9 Å². The van der Waals surface area contributed by atoms with Gasteiger partial charge in [0.15, 0.2) is 11.5 Å². The van der Waals surface area contributed by atoms with Gasteiger partial charge in [0, 0.05) is 29.8 Å². The molecule has 2 amide bonds. The quantitative estimate of drug-likeness (QED) is 0.678. The van der Waals surface area contributed by atoms with E-state index in [1.807, 2.05) is 18.2 Å². The van der Waals surface area contributed by atoms with Gasteiger partial charge in [-0.05, 0) is 37.1 Å². The van der Waals surface area contributed by atoms with E-state index in [1.165, 1.54) is 11.8 Å². The molecule has 2 aromatic rings. The number of benzene rings is 2. The maximum atomic E-state index is 12.6. The normalized spacial score (nSPS) is 17.2. The molecule has 8 heteroatoms. The van der Waals surface area contributed by atoms with E-state index in [1.54, 1.807) is 24.3 Å². The van der Waals surface area contributed by atoms with Gasteiger partial charge in [0.25, 0.3) is 5.91 Å². The van der Waals surface area contributed by atoms with Crippen LogP contribution in [0.4, 0.5) is 5.69 Å². The molecule has 152 valence electrons. The zero-order valence-electron chi connectivity index (χ0n) is 15.8. The first-order valence-corrected chi connectivity index (χ1v) is 10.5. The number of carbonyl (C=O) groups is 2. The van der Waals surface area contributed by atoms with E-state index in [-0.39, 0.29) is 30.5 Å². The molecule has 0 unspecified atom stereocenters. The molecule has 1 atom stereocenters. The highest BCUT2D eigenvalue weighted by molar-refractivity contribution is 8.00. The van der Waals surface area contributed by atoms with Crippen molar-refractivity contribution in [2.75, 3.05) is 31.0 Å². The number of amides is 2. The Morgan fingerprint density at radius 1 is 1.10 bits per heavy atom. The van der Waals surface area contributed by atoms with Crippen molar-refractivity contribution in [1.29, 1.82) is 0 Å². The minimum absolute atomic E-state index is 0.0891. The lowest BCUT2D eigenvalue weighted by Crippen LogP contribution is -2.32. The van der Waals surface area contributed by atoms with Gasteiger partial charge in [-0.2, -0.15) is 0 Å². The minimum atomic E-state index is -0.163. The maximum Gasteiger partial charge on any atom is 0.252 e. The van der Waals surface area contributed by atoms with Crippen LogP contribution in [0, 0.1) is 0 Å². The summed E-state index contributed by atoms with van der Waals surface area (Å²) in [5.74, 6) is 1.15. The van der Waals surface area contributed by atoms with Crippen LogP contribution in [0.1, 0.15) is 23.2 Å². The summed E-state index contributed by atoms with van der Waals surface area (Å²) in [4.78, 5) is 25.7. The van der Waals surface area contributed by atoms with E-state index in [4.69, 9.17) is 14.2 Å². The molecule has 0 saturated carbocycles. The second-order valence-electron chi connectivity index (χ2n) is 6.75. The van der Waals surface area contributed by atoms with Crippen molar-refractivity contribution >= 4 is 29.3 Å². The van der Waals surface area contributed by atoms with E-state index < -0.39 is 0 Å². The Hall–Kier alpha value is -2.71. The molecule has 0 aliphatic carbocycles. The molecule has 2 heterocycles. The van der Waals surface area contributed by atoms with Crippen molar-refractivity contribution in [2.45, 2.75) is 23.8 Å². The molecule has 4 rings (SSSR count). The second-order valence-corrected chi connectivity index (χ2v) is 7.76. The van der Waals surface area contributed by atoms with Crippen LogP contribution in [0.25, 0.3) is 0 Å². The maximum absolute atomic E-state index is 12.6. The Bertz CT molecular complexity index is 898. The Morgan fingerprint density at radius 2 is 1.97 bits per heavy atom. The fraction of sp³-hybridized carbons (Fsp3) is 0.333. The third kappa shape index (κ3) is 5.02. The largest absolute Gasteiger partial charge is 0.454 e. The van der Waals surface area contributed by atoms with Crippen LogP contribution in [-0.4, -0.2) is 43.6 Å². The molecule has 0 aromatic heterocycles. The average molecular weight is 414 g/mol. The number of nitrogens with one attached hydrogen (secondary N) is 2. The standard InChI is InChI=1S/C21H22N2O5S/c24-20(23-14-7-8-17-18(10-14)28-13-27-17)12-29-19-6-2-1-5-16(19)21(25)22-11-15-4-3-9-26-15/h1-2,5-8,10,15H,3-4,9,11-13H2,(H,22,25)(H,23,24)/t15-/m0/s1. The number of carbonyl (C=O) groups excluding carboxylic acids is 2. The predicted octanol–water partition coefficient (Wildman–Crippen LogP) is 3.05. The monoisotopic (exact) mass is 414 g/mol. The SMILES string of the molecule is O=C(CSc1ccccc1C(=O)NC[C@@H]1CCCO1)Nc1ccc2c(c1)OCO2. The van der Waals surface area contributed by atoms with E-state index in [9.17, 15) is 9.59 Å². The number of hydrogen-bond acceptors (Lipinski definition) is 6. The highest BCUT2D eigenvalue weighted by Crippen LogP contribution is 2.34. The Morgan fingerprint density at radius 3 is 2.83 bits per heavy atom. The molecule has 0 spiro atoms. The number of rotatable bonds is 7. The van der Waals surface area contributed by atoms with Crippen LogP contribution < -0.4 is 20.1 Å². The first kappa shape index (κ1) is 19.6. The number of hydrogen-bond donors (Lipinski definition) is 2. The molecule has 7 nitrogen and oxygen atoms in total. The molecule has 1 saturated heterocycles. The van der Waals surface area contributed by atoms with Crippen molar-refractivity contribution < 1.29 is 23.8 Å². The van der Waals surface area contributed by atoms with Crippen molar-refractivity contribution in [2.24, 2.45) is 0 Å². The lowest BCUT2D eigenvalue weighted by Gasteiger charge is -2.13. The van der Waals surface area contributed by atoms with Crippen molar-refractivity contribution in [1.82, 2.24) is 5.32 Å². The summed E-state index contributed by atoms with van der Waals surface area (Å²) in [6, 6.07) is 12.5. The number of thioether (sulfide) groups is 1. The Balaban J connectivity index is 1.32. The van der Waals surface area contributed by atoms with Gasteiger partial charge in [0.2, 0.25) is 12.7 Å². The summed E-state index contributed by atoms with van der Waals surface area (Å²) in [5.41, 5.74) is 1.20. The van der Waals surface area contributed by atoms with Crippen molar-refractivity contribution in [3.8, 4) is 11.5 Å². The van der Waals surface area contributed by atoms with Gasteiger partial charge in [-0.1, -0.05) is 12.1 Å². The van der Waals surface area contributed by atoms with E-state index in [0.29, 0.717) is 29.3 Å². The third-order valence-corrected chi connectivity index (χ3v) is 5.73. The minimum Gasteiger partial charge on any atom is -0.454 e. The van der Waals surface area contributed by atoms with E-state index in [2.05, 4.69) is 10.6 Å². The summed E-state index contributed by atoms with van der Waals surface area (Å²) in [6.45, 7) is 1.45. The zero-order chi connectivity index (χ0) is 20.1. The van der Waals surface area contributed by atoms with Gasteiger partial charge in [-0.3, -0.25) is 9.59 Å². The lowest BCUT2D eigenvalue weighted by molar-refractivity contribution is -0.113. The Kier molecular flexibility index (Phi) is 6.21. The highest BCUT2D eigenvalue weighted by Gasteiger charge is 2.19. The Labute approximate surface area is 173 Å². The fourth-order valence-corrected chi connectivity index (χ4v) is 4.05. The van der Waals surface area contributed by atoms with E-state index in [0.717, 1.165) is 24.3 Å². The molecule has 0 bridgehead atoms. The van der Waals surface area contributed by atoms with Crippen LogP contribution >= 0.6 is 11.8 Å². The van der Waals surface area contributed by atoms with Crippen LogP contribution in [0.5, 0.6) is 11.5 Å². The van der Waals surface area contributed by atoms with Crippen LogP contribution in [0.2, 0.25) is 0 Å². The summed E-state index contributed by atoms with van der Waals surface area (Å²) in [5, 5.41) is 5.77. The predicted molar refractivity (Wildman–Crippen MR) is 110 cm³/mol. The van der Waals surface area contributed by atoms with Gasteiger partial charge >= 0.3 is 0 Å². The first-order valence-electron chi connectivity index (χ1n) is 9.50. The molecule has 2 aliphatic heterocycles. The molecule has 0 radical (unpaired) electrons. The summed E-state index contributed by atoms with van der Waals surface area (Å²) in [6.07, 6.45) is 2.09. The zero-order valence-corrected chi connectivity index (χ0v) is 16.6. The first-order chi connectivity index (χ1) is 14.2. The van der Waals surface area contributed by atoms with Gasteiger partial charge in [-0.15, -0.1) is 11.8 Å². The average Bonchev–Trinajstić information content (AvgIpc) is 3.42. The molecule has 2 aromatic carbocycles. The fourth-order valence-electron chi connectivity index (χ4n) is 3.20. The molecule has 2 N–H and O–H groups in total. The van der Waals surface area contributed by atoms with Crippen LogP contribution in [0.15, 0.2) is 47.4 Å². The number of fused-ring (bicyclic) bond motifs is 1. The van der Waals surface area contributed by atoms with Crippen molar-refractivity contribution in [3.63, 3.8) is 0 Å². The van der Waals surface area contributed by atoms with Crippen molar-refractivity contribution in [3.05, 3.63) is 48.0 Å². The van der Waals surface area contributed by atoms with Gasteiger partial charge < -0.3 is 24.8 Å². The summed E-state index contributed by atoms with van der Waals surface area (Å²) >= 11 is 1.33. The summed E-state index contributed by atoms with van der Waals surface area (Å²) < 4.78 is 16.1. The molecule has 2 aliphatic rings. The molecule has 1 fully saturated rings. The molecule has 29 heavy (non-hydrogen) atoms. The van der Waals surface area contributed by atoms with Gasteiger partial charge in [-0.25, -0.2) is 0 Å².